The topological polar surface area (TPSA) is 23.6 Å². The van der Waals surface area contributed by atoms with Crippen LogP contribution in [0.15, 0.2) is 48.5 Å². The van der Waals surface area contributed by atoms with Crippen molar-refractivity contribution in [2.24, 2.45) is 0 Å². The lowest BCUT2D eigenvalue weighted by Crippen LogP contribution is -2.38. The molecule has 1 saturated heterocycles. The molecule has 0 spiro atoms. The molecule has 1 heterocycles. The van der Waals surface area contributed by atoms with Crippen LogP contribution in [0, 0.1) is 0 Å². The van der Waals surface area contributed by atoms with Crippen LogP contribution in [0.25, 0.3) is 11.1 Å². The Kier molecular flexibility index (Phi) is 3.66. The van der Waals surface area contributed by atoms with E-state index in [1.165, 1.54) is 22.3 Å². The zero-order valence-electron chi connectivity index (χ0n) is 13.5. The van der Waals surface area contributed by atoms with Gasteiger partial charge in [0.25, 0.3) is 0 Å². The summed E-state index contributed by atoms with van der Waals surface area (Å²) in [6.45, 7) is 2.32. The summed E-state index contributed by atoms with van der Waals surface area (Å²) in [5.74, 6) is 0.256. The molecule has 2 aromatic carbocycles. The monoisotopic (exact) mass is 306 g/mol. The number of rotatable bonds is 3. The molecule has 0 aromatic heterocycles. The highest BCUT2D eigenvalue weighted by Crippen LogP contribution is 2.45. The first-order valence-corrected chi connectivity index (χ1v) is 8.42. The minimum atomic E-state index is 0.175. The van der Waals surface area contributed by atoms with Crippen molar-refractivity contribution < 1.29 is 4.79 Å². The summed E-state index contributed by atoms with van der Waals surface area (Å²) >= 11 is 0. The summed E-state index contributed by atoms with van der Waals surface area (Å²) < 4.78 is 0. The second-order valence-electron chi connectivity index (χ2n) is 6.58. The Labute approximate surface area is 137 Å². The number of fused-ring (bicyclic) bond motifs is 3. The third-order valence-corrected chi connectivity index (χ3v) is 5.09. The molecule has 0 saturated carbocycles. The minimum Gasteiger partial charge on any atom is -0.342 e. The van der Waals surface area contributed by atoms with Gasteiger partial charge < -0.3 is 4.90 Å². The highest BCUT2D eigenvalue weighted by molar-refractivity contribution is 5.81. The molecule has 118 valence electrons. The third kappa shape index (κ3) is 2.45. The van der Waals surface area contributed by atoms with Crippen molar-refractivity contribution in [1.29, 1.82) is 0 Å². The van der Waals surface area contributed by atoms with Crippen LogP contribution in [0.3, 0.4) is 0 Å². The first kappa shape index (κ1) is 14.5. The molecule has 0 radical (unpaired) electrons. The largest absolute Gasteiger partial charge is 0.342 e. The van der Waals surface area contributed by atoms with Crippen molar-refractivity contribution in [3.8, 4) is 11.1 Å². The standard InChI is InChI=1S/C20H22N2O/c1-21(14-19(23)22-12-6-7-13-22)20-17-10-4-2-8-15(17)16-9-3-5-11-18(16)20/h2-5,8-11,20H,6-7,12-14H2,1H3. The molecule has 23 heavy (non-hydrogen) atoms. The summed E-state index contributed by atoms with van der Waals surface area (Å²) in [4.78, 5) is 16.7. The van der Waals surface area contributed by atoms with Crippen LogP contribution in [-0.4, -0.2) is 42.4 Å². The van der Waals surface area contributed by atoms with Crippen molar-refractivity contribution >= 4 is 5.91 Å². The maximum atomic E-state index is 12.5. The second kappa shape index (κ2) is 5.82. The van der Waals surface area contributed by atoms with E-state index in [-0.39, 0.29) is 11.9 Å². The highest BCUT2D eigenvalue weighted by atomic mass is 16.2. The van der Waals surface area contributed by atoms with Crippen LogP contribution >= 0.6 is 0 Å². The molecule has 0 atom stereocenters. The number of hydrogen-bond donors (Lipinski definition) is 0. The fourth-order valence-corrected chi connectivity index (χ4v) is 3.98. The van der Waals surface area contributed by atoms with Crippen LogP contribution < -0.4 is 0 Å². The average molecular weight is 306 g/mol. The fourth-order valence-electron chi connectivity index (χ4n) is 3.98. The lowest BCUT2D eigenvalue weighted by atomic mass is 10.0. The van der Waals surface area contributed by atoms with Gasteiger partial charge in [-0.3, -0.25) is 9.69 Å². The van der Waals surface area contributed by atoms with Gasteiger partial charge in [0, 0.05) is 13.1 Å². The molecule has 1 aliphatic heterocycles. The maximum absolute atomic E-state index is 12.5. The number of amides is 1. The molecule has 3 nitrogen and oxygen atoms in total. The Balaban J connectivity index is 1.64. The van der Waals surface area contributed by atoms with E-state index in [0.29, 0.717) is 6.54 Å². The predicted octanol–water partition coefficient (Wildman–Crippen LogP) is 3.31. The smallest absolute Gasteiger partial charge is 0.236 e. The SMILES string of the molecule is CN(CC(=O)N1CCCC1)C1c2ccccc2-c2ccccc21. The van der Waals surface area contributed by atoms with Crippen molar-refractivity contribution in [2.45, 2.75) is 18.9 Å². The van der Waals surface area contributed by atoms with Gasteiger partial charge in [-0.25, -0.2) is 0 Å². The van der Waals surface area contributed by atoms with E-state index in [0.717, 1.165) is 25.9 Å². The highest BCUT2D eigenvalue weighted by Gasteiger charge is 2.32. The maximum Gasteiger partial charge on any atom is 0.236 e. The van der Waals surface area contributed by atoms with E-state index in [1.54, 1.807) is 0 Å². The number of likely N-dealkylation sites (tertiary alicyclic amines) is 1. The Morgan fingerprint density at radius 1 is 1.00 bits per heavy atom. The van der Waals surface area contributed by atoms with Crippen LogP contribution in [0.1, 0.15) is 30.0 Å². The molecule has 3 heteroatoms. The number of hydrogen-bond acceptors (Lipinski definition) is 2. The summed E-state index contributed by atoms with van der Waals surface area (Å²) in [6, 6.07) is 17.3. The van der Waals surface area contributed by atoms with E-state index >= 15 is 0 Å². The zero-order chi connectivity index (χ0) is 15.8. The molecule has 4 rings (SSSR count). The minimum absolute atomic E-state index is 0.175. The number of carbonyl (C=O) groups is 1. The molecule has 2 aliphatic rings. The van der Waals surface area contributed by atoms with Crippen molar-refractivity contribution in [3.63, 3.8) is 0 Å². The van der Waals surface area contributed by atoms with Crippen molar-refractivity contribution in [1.82, 2.24) is 9.80 Å². The summed E-state index contributed by atoms with van der Waals surface area (Å²) in [5.41, 5.74) is 5.22. The molecule has 1 fully saturated rings. The molecule has 1 amide bonds. The molecular formula is C20H22N2O. The summed E-state index contributed by atoms with van der Waals surface area (Å²) in [7, 11) is 2.07. The Hall–Kier alpha value is -2.13. The van der Waals surface area contributed by atoms with E-state index in [1.807, 2.05) is 4.90 Å². The molecule has 1 aliphatic carbocycles. The van der Waals surface area contributed by atoms with Gasteiger partial charge in [0.2, 0.25) is 5.91 Å². The Bertz CT molecular complexity index is 688. The average Bonchev–Trinajstić information content (AvgIpc) is 3.21. The van der Waals surface area contributed by atoms with Gasteiger partial charge in [0.1, 0.15) is 0 Å². The van der Waals surface area contributed by atoms with E-state index < -0.39 is 0 Å². The first-order chi connectivity index (χ1) is 11.3. The second-order valence-corrected chi connectivity index (χ2v) is 6.58. The Morgan fingerprint density at radius 2 is 1.52 bits per heavy atom. The molecule has 0 bridgehead atoms. The summed E-state index contributed by atoms with van der Waals surface area (Å²) in [6.07, 6.45) is 2.29. The number of benzene rings is 2. The zero-order valence-corrected chi connectivity index (χ0v) is 13.5. The number of likely N-dealkylation sites (N-methyl/N-ethyl adjacent to an activating group) is 1. The third-order valence-electron chi connectivity index (χ3n) is 5.09. The number of carbonyl (C=O) groups excluding carboxylic acids is 1. The van der Waals surface area contributed by atoms with Gasteiger partial charge in [0.15, 0.2) is 0 Å². The van der Waals surface area contributed by atoms with Crippen molar-refractivity contribution in [2.75, 3.05) is 26.7 Å². The fraction of sp³-hybridized carbons (Fsp3) is 0.350. The Morgan fingerprint density at radius 3 is 2.09 bits per heavy atom. The van der Waals surface area contributed by atoms with Crippen LogP contribution in [0.5, 0.6) is 0 Å². The summed E-state index contributed by atoms with van der Waals surface area (Å²) in [5, 5.41) is 0. The predicted molar refractivity (Wildman–Crippen MR) is 92.2 cm³/mol. The van der Waals surface area contributed by atoms with Gasteiger partial charge in [-0.1, -0.05) is 48.5 Å². The first-order valence-electron chi connectivity index (χ1n) is 8.42. The van der Waals surface area contributed by atoms with Gasteiger partial charge in [-0.05, 0) is 42.1 Å². The molecule has 2 aromatic rings. The normalized spacial score (nSPS) is 16.7. The van der Waals surface area contributed by atoms with Crippen LogP contribution in [-0.2, 0) is 4.79 Å². The van der Waals surface area contributed by atoms with Gasteiger partial charge >= 0.3 is 0 Å². The van der Waals surface area contributed by atoms with E-state index in [9.17, 15) is 4.79 Å². The van der Waals surface area contributed by atoms with Crippen LogP contribution in [0.2, 0.25) is 0 Å². The van der Waals surface area contributed by atoms with Gasteiger partial charge in [-0.15, -0.1) is 0 Å². The van der Waals surface area contributed by atoms with Crippen molar-refractivity contribution in [3.05, 3.63) is 59.7 Å². The number of nitrogens with zero attached hydrogens (tertiary/aromatic N) is 2. The van der Waals surface area contributed by atoms with E-state index in [2.05, 4.69) is 60.5 Å². The van der Waals surface area contributed by atoms with E-state index in [4.69, 9.17) is 0 Å². The van der Waals surface area contributed by atoms with Gasteiger partial charge in [0.05, 0.1) is 12.6 Å². The quantitative estimate of drug-likeness (QED) is 0.868. The lowest BCUT2D eigenvalue weighted by molar-refractivity contribution is -0.131. The molecule has 0 unspecified atom stereocenters. The molecular weight excluding hydrogens is 284 g/mol. The van der Waals surface area contributed by atoms with Crippen LogP contribution in [0.4, 0.5) is 0 Å². The van der Waals surface area contributed by atoms with Gasteiger partial charge in [-0.2, -0.15) is 0 Å². The lowest BCUT2D eigenvalue weighted by Gasteiger charge is -2.27. The molecule has 0 N–H and O–H groups in total.